The fourth-order valence-corrected chi connectivity index (χ4v) is 2.16. The third-order valence-electron chi connectivity index (χ3n) is 3.53. The van der Waals surface area contributed by atoms with Gasteiger partial charge in [0.2, 0.25) is 0 Å². The number of nitrogens with zero attached hydrogens (tertiary/aromatic N) is 1. The third kappa shape index (κ3) is 3.91. The SMILES string of the molecule is COc1cccn(CCOc2ccc(C(C)(C)C)cc2)c1=O. The molecule has 0 N–H and O–H groups in total. The Morgan fingerprint density at radius 3 is 2.36 bits per heavy atom. The zero-order chi connectivity index (χ0) is 16.2. The number of methoxy groups -OCH3 is 1. The topological polar surface area (TPSA) is 40.5 Å². The van der Waals surface area contributed by atoms with Crippen LogP contribution in [0, 0.1) is 0 Å². The molecule has 22 heavy (non-hydrogen) atoms. The minimum Gasteiger partial charge on any atom is -0.492 e. The molecule has 0 spiro atoms. The van der Waals surface area contributed by atoms with Crippen LogP contribution in [-0.4, -0.2) is 18.3 Å². The maximum absolute atomic E-state index is 12.0. The summed E-state index contributed by atoms with van der Waals surface area (Å²) in [5.41, 5.74) is 1.26. The van der Waals surface area contributed by atoms with Crippen molar-refractivity contribution in [1.29, 1.82) is 0 Å². The van der Waals surface area contributed by atoms with Crippen LogP contribution in [0.3, 0.4) is 0 Å². The molecule has 1 aromatic heterocycles. The minimum absolute atomic E-state index is 0.131. The van der Waals surface area contributed by atoms with E-state index in [1.165, 1.54) is 12.7 Å². The molecule has 0 aliphatic heterocycles. The quantitative estimate of drug-likeness (QED) is 0.851. The van der Waals surface area contributed by atoms with Crippen LogP contribution in [0.4, 0.5) is 0 Å². The van der Waals surface area contributed by atoms with Gasteiger partial charge < -0.3 is 14.0 Å². The fraction of sp³-hybridized carbons (Fsp3) is 0.389. The maximum Gasteiger partial charge on any atom is 0.292 e. The van der Waals surface area contributed by atoms with E-state index >= 15 is 0 Å². The molecule has 0 atom stereocenters. The van der Waals surface area contributed by atoms with E-state index in [-0.39, 0.29) is 11.0 Å². The lowest BCUT2D eigenvalue weighted by Gasteiger charge is -2.19. The number of hydrogen-bond acceptors (Lipinski definition) is 3. The summed E-state index contributed by atoms with van der Waals surface area (Å²) < 4.78 is 12.3. The fourth-order valence-electron chi connectivity index (χ4n) is 2.16. The molecule has 0 saturated carbocycles. The molecule has 1 heterocycles. The first-order chi connectivity index (χ1) is 10.4. The van der Waals surface area contributed by atoms with Crippen LogP contribution in [0.2, 0.25) is 0 Å². The Labute approximate surface area is 131 Å². The molecule has 2 rings (SSSR count). The van der Waals surface area contributed by atoms with E-state index in [9.17, 15) is 4.79 Å². The van der Waals surface area contributed by atoms with Crippen molar-refractivity contribution in [3.63, 3.8) is 0 Å². The van der Waals surface area contributed by atoms with Crippen molar-refractivity contribution in [2.24, 2.45) is 0 Å². The van der Waals surface area contributed by atoms with Gasteiger partial charge in [0, 0.05) is 6.20 Å². The zero-order valence-electron chi connectivity index (χ0n) is 13.6. The zero-order valence-corrected chi connectivity index (χ0v) is 13.6. The Kier molecular flexibility index (Phi) is 4.91. The molecule has 1 aromatic carbocycles. The van der Waals surface area contributed by atoms with Gasteiger partial charge in [-0.3, -0.25) is 4.79 Å². The number of aromatic nitrogens is 1. The van der Waals surface area contributed by atoms with Crippen LogP contribution in [0.15, 0.2) is 47.4 Å². The summed E-state index contributed by atoms with van der Waals surface area (Å²) in [6, 6.07) is 11.5. The monoisotopic (exact) mass is 301 g/mol. The van der Waals surface area contributed by atoms with Gasteiger partial charge in [-0.25, -0.2) is 0 Å². The highest BCUT2D eigenvalue weighted by atomic mass is 16.5. The third-order valence-corrected chi connectivity index (χ3v) is 3.53. The summed E-state index contributed by atoms with van der Waals surface area (Å²) in [6.45, 7) is 7.45. The van der Waals surface area contributed by atoms with Crippen molar-refractivity contribution in [3.05, 3.63) is 58.5 Å². The first-order valence-electron chi connectivity index (χ1n) is 7.38. The van der Waals surface area contributed by atoms with E-state index in [0.717, 1.165) is 5.75 Å². The van der Waals surface area contributed by atoms with Crippen LogP contribution in [0.25, 0.3) is 0 Å². The molecule has 4 nitrogen and oxygen atoms in total. The van der Waals surface area contributed by atoms with Crippen molar-refractivity contribution in [1.82, 2.24) is 4.57 Å². The van der Waals surface area contributed by atoms with E-state index in [1.54, 1.807) is 22.9 Å². The number of rotatable bonds is 5. The maximum atomic E-state index is 12.0. The summed E-state index contributed by atoms with van der Waals surface area (Å²) in [5.74, 6) is 1.15. The molecule has 0 unspecified atom stereocenters. The number of hydrogen-bond donors (Lipinski definition) is 0. The average molecular weight is 301 g/mol. The molecule has 0 aliphatic rings. The van der Waals surface area contributed by atoms with Gasteiger partial charge in [0.05, 0.1) is 13.7 Å². The summed E-state index contributed by atoms with van der Waals surface area (Å²) in [4.78, 5) is 12.0. The van der Waals surface area contributed by atoms with E-state index in [2.05, 4.69) is 32.9 Å². The van der Waals surface area contributed by atoms with E-state index in [0.29, 0.717) is 18.9 Å². The number of pyridine rings is 1. The van der Waals surface area contributed by atoms with Crippen molar-refractivity contribution in [3.8, 4) is 11.5 Å². The molecule has 2 aromatic rings. The molecule has 0 bridgehead atoms. The van der Waals surface area contributed by atoms with Crippen molar-refractivity contribution >= 4 is 0 Å². The minimum atomic E-state index is -0.142. The van der Waals surface area contributed by atoms with Crippen LogP contribution >= 0.6 is 0 Å². The normalized spacial score (nSPS) is 11.3. The highest BCUT2D eigenvalue weighted by Gasteiger charge is 2.12. The van der Waals surface area contributed by atoms with Crippen LogP contribution in [-0.2, 0) is 12.0 Å². The van der Waals surface area contributed by atoms with Gasteiger partial charge >= 0.3 is 0 Å². The predicted octanol–water partition coefficient (Wildman–Crippen LogP) is 3.23. The van der Waals surface area contributed by atoms with Gasteiger partial charge in [0.15, 0.2) is 5.75 Å². The van der Waals surface area contributed by atoms with Gasteiger partial charge in [-0.15, -0.1) is 0 Å². The van der Waals surface area contributed by atoms with E-state index in [4.69, 9.17) is 9.47 Å². The van der Waals surface area contributed by atoms with Crippen LogP contribution in [0.5, 0.6) is 11.5 Å². The molecule has 0 saturated heterocycles. The van der Waals surface area contributed by atoms with Crippen LogP contribution < -0.4 is 15.0 Å². The molecule has 118 valence electrons. The molecular formula is C18H23NO3. The van der Waals surface area contributed by atoms with Crippen LogP contribution in [0.1, 0.15) is 26.3 Å². The van der Waals surface area contributed by atoms with Gasteiger partial charge in [-0.1, -0.05) is 32.9 Å². The lowest BCUT2D eigenvalue weighted by atomic mass is 9.87. The molecule has 0 radical (unpaired) electrons. The Hall–Kier alpha value is -2.23. The largest absolute Gasteiger partial charge is 0.492 e. The van der Waals surface area contributed by atoms with Crippen molar-refractivity contribution in [2.75, 3.05) is 13.7 Å². The highest BCUT2D eigenvalue weighted by Crippen LogP contribution is 2.24. The van der Waals surface area contributed by atoms with E-state index in [1.807, 2.05) is 12.1 Å². The second-order valence-corrected chi connectivity index (χ2v) is 6.20. The van der Waals surface area contributed by atoms with E-state index < -0.39 is 0 Å². The highest BCUT2D eigenvalue weighted by molar-refractivity contribution is 5.31. The molecule has 0 aliphatic carbocycles. The standard InChI is InChI=1S/C18H23NO3/c1-18(2,3)14-7-9-15(10-8-14)22-13-12-19-11-5-6-16(21-4)17(19)20/h5-11H,12-13H2,1-4H3. The van der Waals surface area contributed by atoms with Crippen molar-refractivity contribution < 1.29 is 9.47 Å². The summed E-state index contributed by atoms with van der Waals surface area (Å²) >= 11 is 0. The molecular weight excluding hydrogens is 278 g/mol. The lowest BCUT2D eigenvalue weighted by molar-refractivity contribution is 0.294. The number of benzene rings is 1. The molecule has 0 fully saturated rings. The summed E-state index contributed by atoms with van der Waals surface area (Å²) in [7, 11) is 1.49. The Balaban J connectivity index is 1.96. The van der Waals surface area contributed by atoms with Gasteiger partial charge in [-0.2, -0.15) is 0 Å². The first kappa shape index (κ1) is 16.1. The van der Waals surface area contributed by atoms with Gasteiger partial charge in [0.1, 0.15) is 12.4 Å². The number of ether oxygens (including phenoxy) is 2. The van der Waals surface area contributed by atoms with Gasteiger partial charge in [0.25, 0.3) is 5.56 Å². The Morgan fingerprint density at radius 2 is 1.77 bits per heavy atom. The molecule has 0 amide bonds. The predicted molar refractivity (Wildman–Crippen MR) is 87.9 cm³/mol. The Morgan fingerprint density at radius 1 is 1.09 bits per heavy atom. The average Bonchev–Trinajstić information content (AvgIpc) is 2.48. The first-order valence-corrected chi connectivity index (χ1v) is 7.38. The second-order valence-electron chi connectivity index (χ2n) is 6.20. The Bertz CT molecular complexity index is 666. The second kappa shape index (κ2) is 6.69. The summed E-state index contributed by atoms with van der Waals surface area (Å²) in [5, 5.41) is 0. The van der Waals surface area contributed by atoms with Crippen molar-refractivity contribution in [2.45, 2.75) is 32.7 Å². The molecule has 4 heteroatoms. The summed E-state index contributed by atoms with van der Waals surface area (Å²) in [6.07, 6.45) is 1.73. The smallest absolute Gasteiger partial charge is 0.292 e. The lowest BCUT2D eigenvalue weighted by Crippen LogP contribution is -2.23. The van der Waals surface area contributed by atoms with Gasteiger partial charge in [-0.05, 0) is 35.2 Å².